The first-order chi connectivity index (χ1) is 9.84. The van der Waals surface area contributed by atoms with E-state index >= 15 is 0 Å². The van der Waals surface area contributed by atoms with Crippen molar-refractivity contribution in [2.24, 2.45) is 11.3 Å². The van der Waals surface area contributed by atoms with Gasteiger partial charge in [0, 0.05) is 24.5 Å². The van der Waals surface area contributed by atoms with Crippen LogP contribution >= 0.6 is 0 Å². The lowest BCUT2D eigenvalue weighted by Crippen LogP contribution is -2.57. The Morgan fingerprint density at radius 2 is 2.19 bits per heavy atom. The molecule has 3 unspecified atom stereocenters. The molecule has 0 amide bonds. The van der Waals surface area contributed by atoms with Gasteiger partial charge < -0.3 is 15.5 Å². The number of aliphatic hydroxyl groups excluding tert-OH is 2. The van der Waals surface area contributed by atoms with Crippen LogP contribution in [0.1, 0.15) is 40.0 Å². The van der Waals surface area contributed by atoms with Crippen molar-refractivity contribution < 1.29 is 10.2 Å². The summed E-state index contributed by atoms with van der Waals surface area (Å²) in [6.45, 7) is 7.83. The molecule has 5 nitrogen and oxygen atoms in total. The van der Waals surface area contributed by atoms with Crippen molar-refractivity contribution in [2.75, 3.05) is 13.2 Å². The quantitative estimate of drug-likeness (QED) is 0.742. The summed E-state index contributed by atoms with van der Waals surface area (Å²) in [5.74, 6) is 0.580. The molecule has 1 saturated carbocycles. The Kier molecular flexibility index (Phi) is 5.07. The van der Waals surface area contributed by atoms with Crippen LogP contribution in [0.25, 0.3) is 0 Å². The number of aromatic nitrogens is 2. The van der Waals surface area contributed by atoms with Crippen LogP contribution in [0.3, 0.4) is 0 Å². The summed E-state index contributed by atoms with van der Waals surface area (Å²) in [5.41, 5.74) is -0.0490. The normalized spacial score (nSPS) is 30.2. The van der Waals surface area contributed by atoms with Crippen LogP contribution in [0.4, 0.5) is 0 Å². The summed E-state index contributed by atoms with van der Waals surface area (Å²) < 4.78 is 1.73. The van der Waals surface area contributed by atoms with E-state index in [0.29, 0.717) is 19.0 Å². The van der Waals surface area contributed by atoms with Crippen LogP contribution in [0, 0.1) is 11.3 Å². The van der Waals surface area contributed by atoms with Crippen molar-refractivity contribution in [1.82, 2.24) is 15.1 Å². The Bertz CT molecular complexity index is 433. The molecule has 1 fully saturated rings. The van der Waals surface area contributed by atoms with E-state index in [9.17, 15) is 10.2 Å². The number of rotatable bonds is 6. The van der Waals surface area contributed by atoms with Gasteiger partial charge in [0.1, 0.15) is 0 Å². The highest BCUT2D eigenvalue weighted by Gasteiger charge is 2.42. The van der Waals surface area contributed by atoms with Crippen LogP contribution in [-0.4, -0.2) is 44.8 Å². The first-order valence-electron chi connectivity index (χ1n) is 7.86. The average molecular weight is 295 g/mol. The number of nitrogens with one attached hydrogen (secondary N) is 1. The van der Waals surface area contributed by atoms with Gasteiger partial charge in [-0.2, -0.15) is 5.10 Å². The fourth-order valence-corrected chi connectivity index (χ4v) is 4.08. The SMILES string of the molecule is CC1CC(C)(C)CC(CO)(NCC(O)Cn2cccn2)C1. The Labute approximate surface area is 127 Å². The second-order valence-electron chi connectivity index (χ2n) is 7.56. The van der Waals surface area contributed by atoms with E-state index < -0.39 is 6.10 Å². The lowest BCUT2D eigenvalue weighted by molar-refractivity contribution is 0.0249. The zero-order chi connectivity index (χ0) is 15.5. The molecule has 0 saturated heterocycles. The molecule has 1 aliphatic carbocycles. The molecule has 0 radical (unpaired) electrons. The summed E-state index contributed by atoms with van der Waals surface area (Å²) in [6, 6.07) is 1.85. The van der Waals surface area contributed by atoms with Gasteiger partial charge in [0.25, 0.3) is 0 Å². The Morgan fingerprint density at radius 3 is 2.76 bits per heavy atom. The zero-order valence-corrected chi connectivity index (χ0v) is 13.4. The maximum absolute atomic E-state index is 10.2. The van der Waals surface area contributed by atoms with Crippen molar-refractivity contribution in [3.8, 4) is 0 Å². The van der Waals surface area contributed by atoms with Gasteiger partial charge >= 0.3 is 0 Å². The van der Waals surface area contributed by atoms with Crippen LogP contribution in [-0.2, 0) is 6.54 Å². The third-order valence-electron chi connectivity index (χ3n) is 4.43. The van der Waals surface area contributed by atoms with Gasteiger partial charge in [-0.05, 0) is 36.7 Å². The van der Waals surface area contributed by atoms with E-state index in [1.165, 1.54) is 6.42 Å². The molecule has 0 aliphatic heterocycles. The highest BCUT2D eigenvalue weighted by molar-refractivity contribution is 4.99. The molecule has 3 atom stereocenters. The second kappa shape index (κ2) is 6.46. The fourth-order valence-electron chi connectivity index (χ4n) is 4.08. The number of β-amino-alcohol motifs (C(OH)–C–C–N with tert-alkyl or cyclic N) is 1. The van der Waals surface area contributed by atoms with Gasteiger partial charge in [0.15, 0.2) is 0 Å². The van der Waals surface area contributed by atoms with Crippen molar-refractivity contribution >= 4 is 0 Å². The van der Waals surface area contributed by atoms with E-state index in [2.05, 4.69) is 31.2 Å². The predicted molar refractivity (Wildman–Crippen MR) is 82.8 cm³/mol. The first-order valence-corrected chi connectivity index (χ1v) is 7.86. The van der Waals surface area contributed by atoms with Gasteiger partial charge in [0.2, 0.25) is 0 Å². The van der Waals surface area contributed by atoms with E-state index in [4.69, 9.17) is 0 Å². The molecule has 120 valence electrons. The van der Waals surface area contributed by atoms with E-state index in [1.54, 1.807) is 10.9 Å². The Balaban J connectivity index is 1.92. The average Bonchev–Trinajstić information content (AvgIpc) is 2.87. The molecule has 1 aromatic rings. The summed E-state index contributed by atoms with van der Waals surface area (Å²) >= 11 is 0. The van der Waals surface area contributed by atoms with E-state index in [1.807, 2.05) is 12.3 Å². The Hall–Kier alpha value is -0.910. The third kappa shape index (κ3) is 4.53. The van der Waals surface area contributed by atoms with E-state index in [0.717, 1.165) is 12.8 Å². The van der Waals surface area contributed by atoms with Gasteiger partial charge in [-0.3, -0.25) is 4.68 Å². The number of aliphatic hydroxyl groups is 2. The molecule has 1 aliphatic rings. The van der Waals surface area contributed by atoms with Gasteiger partial charge in [0.05, 0.1) is 19.3 Å². The topological polar surface area (TPSA) is 70.3 Å². The van der Waals surface area contributed by atoms with Gasteiger partial charge in [-0.25, -0.2) is 0 Å². The molecular weight excluding hydrogens is 266 g/mol. The zero-order valence-electron chi connectivity index (χ0n) is 13.4. The minimum absolute atomic E-state index is 0.120. The van der Waals surface area contributed by atoms with Gasteiger partial charge in [-0.15, -0.1) is 0 Å². The highest BCUT2D eigenvalue weighted by atomic mass is 16.3. The molecule has 1 heterocycles. The molecule has 3 N–H and O–H groups in total. The standard InChI is InChI=1S/C16H29N3O2/c1-13-7-15(2,3)11-16(8-13,12-20)17-9-14(21)10-19-6-4-5-18-19/h4-6,13-14,17,20-21H,7-12H2,1-3H3. The minimum Gasteiger partial charge on any atom is -0.394 e. The monoisotopic (exact) mass is 295 g/mol. The summed E-state index contributed by atoms with van der Waals surface area (Å²) in [4.78, 5) is 0. The number of hydrogen-bond acceptors (Lipinski definition) is 4. The lowest BCUT2D eigenvalue weighted by atomic mass is 9.64. The second-order valence-corrected chi connectivity index (χ2v) is 7.56. The molecule has 0 aromatic carbocycles. The van der Waals surface area contributed by atoms with Crippen molar-refractivity contribution in [2.45, 2.75) is 58.2 Å². The molecule has 1 aromatic heterocycles. The largest absolute Gasteiger partial charge is 0.394 e. The number of hydrogen-bond donors (Lipinski definition) is 3. The predicted octanol–water partition coefficient (Wildman–Crippen LogP) is 1.41. The van der Waals surface area contributed by atoms with Crippen LogP contribution in [0.15, 0.2) is 18.5 Å². The minimum atomic E-state index is -0.506. The number of nitrogens with zero attached hydrogens (tertiary/aromatic N) is 2. The molecular formula is C16H29N3O2. The van der Waals surface area contributed by atoms with E-state index in [-0.39, 0.29) is 17.6 Å². The fraction of sp³-hybridized carbons (Fsp3) is 0.812. The first kappa shape index (κ1) is 16.5. The van der Waals surface area contributed by atoms with Crippen LogP contribution in [0.5, 0.6) is 0 Å². The maximum atomic E-state index is 10.2. The van der Waals surface area contributed by atoms with Gasteiger partial charge in [-0.1, -0.05) is 20.8 Å². The van der Waals surface area contributed by atoms with Crippen LogP contribution in [0.2, 0.25) is 0 Å². The summed E-state index contributed by atoms with van der Waals surface area (Å²) in [6.07, 6.45) is 6.13. The molecule has 21 heavy (non-hydrogen) atoms. The summed E-state index contributed by atoms with van der Waals surface area (Å²) in [7, 11) is 0. The third-order valence-corrected chi connectivity index (χ3v) is 4.43. The van der Waals surface area contributed by atoms with Crippen molar-refractivity contribution in [3.05, 3.63) is 18.5 Å². The molecule has 0 bridgehead atoms. The highest BCUT2D eigenvalue weighted by Crippen LogP contribution is 2.43. The van der Waals surface area contributed by atoms with Crippen LogP contribution < -0.4 is 5.32 Å². The molecule has 0 spiro atoms. The maximum Gasteiger partial charge on any atom is 0.0860 e. The smallest absolute Gasteiger partial charge is 0.0860 e. The molecule has 5 heteroatoms. The van der Waals surface area contributed by atoms with Crippen molar-refractivity contribution in [3.63, 3.8) is 0 Å². The lowest BCUT2D eigenvalue weighted by Gasteiger charge is -2.47. The van der Waals surface area contributed by atoms with Crippen molar-refractivity contribution in [1.29, 1.82) is 0 Å². The Morgan fingerprint density at radius 1 is 1.43 bits per heavy atom. The summed E-state index contributed by atoms with van der Waals surface area (Å²) in [5, 5.41) is 27.6. The molecule has 2 rings (SSSR count).